The molecule has 0 atom stereocenters. The number of carbonyl (C=O) groups excluding carboxylic acids is 2. The third kappa shape index (κ3) is 7.48. The number of hydrogen-bond acceptors (Lipinski definition) is 6. The molecule has 4 heterocycles. The average Bonchev–Trinajstić information content (AvgIpc) is 3.37. The molecule has 1 saturated carbocycles. The second kappa shape index (κ2) is 14.2. The SMILES string of the molecule is CCc1ccc(OC2CCN(C(=O)C3CCC(CN4CC5(CCN(Cc6c(F)cc(CC)cc6F)CC5)OC4=O)CC3)CC2)nc1. The van der Waals surface area contributed by atoms with Crippen LogP contribution in [0.5, 0.6) is 5.88 Å². The van der Waals surface area contributed by atoms with E-state index in [-0.39, 0.29) is 36.1 Å². The number of aromatic nitrogens is 1. The summed E-state index contributed by atoms with van der Waals surface area (Å²) in [6, 6.07) is 6.83. The van der Waals surface area contributed by atoms with Crippen LogP contribution in [0, 0.1) is 23.5 Å². The van der Waals surface area contributed by atoms with Crippen molar-refractivity contribution in [1.29, 1.82) is 0 Å². The number of likely N-dealkylation sites (tertiary alicyclic amines) is 2. The molecular formula is C36H48F2N4O4. The lowest BCUT2D eigenvalue weighted by atomic mass is 9.80. The second-order valence-electron chi connectivity index (χ2n) is 13.8. The highest BCUT2D eigenvalue weighted by Gasteiger charge is 2.47. The monoisotopic (exact) mass is 638 g/mol. The van der Waals surface area contributed by atoms with Crippen molar-refractivity contribution in [1.82, 2.24) is 19.7 Å². The van der Waals surface area contributed by atoms with E-state index in [9.17, 15) is 18.4 Å². The molecule has 0 bridgehead atoms. The number of carbonyl (C=O) groups is 2. The number of nitrogens with zero attached hydrogens (tertiary/aromatic N) is 4. The van der Waals surface area contributed by atoms with E-state index in [0.717, 1.165) is 44.9 Å². The molecule has 250 valence electrons. The van der Waals surface area contributed by atoms with Crippen LogP contribution >= 0.6 is 0 Å². The molecular weight excluding hydrogens is 590 g/mol. The van der Waals surface area contributed by atoms with Crippen molar-refractivity contribution in [3.63, 3.8) is 0 Å². The topological polar surface area (TPSA) is 75.2 Å². The summed E-state index contributed by atoms with van der Waals surface area (Å²) in [6.07, 6.45) is 9.70. The summed E-state index contributed by atoms with van der Waals surface area (Å²) in [6.45, 7) is 8.08. The summed E-state index contributed by atoms with van der Waals surface area (Å²) in [7, 11) is 0. The van der Waals surface area contributed by atoms with E-state index in [1.807, 2.05) is 40.0 Å². The minimum Gasteiger partial charge on any atom is -0.474 e. The Balaban J connectivity index is 0.914. The molecule has 2 amide bonds. The van der Waals surface area contributed by atoms with E-state index in [1.54, 1.807) is 0 Å². The Bertz CT molecular complexity index is 1340. The summed E-state index contributed by atoms with van der Waals surface area (Å²) in [5.74, 6) is 0.331. The summed E-state index contributed by atoms with van der Waals surface area (Å²) >= 11 is 0. The second-order valence-corrected chi connectivity index (χ2v) is 13.8. The molecule has 4 fully saturated rings. The quantitative estimate of drug-likeness (QED) is 0.328. The molecule has 4 aliphatic rings. The summed E-state index contributed by atoms with van der Waals surface area (Å²) in [5.41, 5.74) is 1.42. The highest BCUT2D eigenvalue weighted by Crippen LogP contribution is 2.37. The van der Waals surface area contributed by atoms with E-state index < -0.39 is 17.2 Å². The van der Waals surface area contributed by atoms with Crippen molar-refractivity contribution in [3.8, 4) is 5.88 Å². The van der Waals surface area contributed by atoms with Crippen LogP contribution in [-0.2, 0) is 28.9 Å². The molecule has 0 N–H and O–H groups in total. The fourth-order valence-electron chi connectivity index (χ4n) is 7.66. The van der Waals surface area contributed by atoms with Crippen LogP contribution < -0.4 is 4.74 Å². The van der Waals surface area contributed by atoms with Crippen molar-refractivity contribution in [2.24, 2.45) is 11.8 Å². The van der Waals surface area contributed by atoms with Gasteiger partial charge in [-0.2, -0.15) is 0 Å². The van der Waals surface area contributed by atoms with Crippen molar-refractivity contribution in [2.75, 3.05) is 39.3 Å². The van der Waals surface area contributed by atoms with Crippen LogP contribution in [0.3, 0.4) is 0 Å². The Kier molecular flexibility index (Phi) is 10.1. The maximum atomic E-state index is 14.6. The number of amides is 2. The number of benzene rings is 1. The maximum absolute atomic E-state index is 14.6. The predicted octanol–water partition coefficient (Wildman–Crippen LogP) is 6.15. The van der Waals surface area contributed by atoms with Gasteiger partial charge < -0.3 is 19.3 Å². The summed E-state index contributed by atoms with van der Waals surface area (Å²) in [5, 5.41) is 0. The standard InChI is InChI=1S/C36H48F2N4O4/c1-3-25-7-10-33(39-21-25)45-29-11-15-41(16-12-29)34(43)28-8-5-27(6-9-28)22-42-24-36(46-35(42)44)13-17-40(18-14-36)23-30-31(37)19-26(4-2)20-32(30)38/h7,10,19-21,27-29H,3-6,8-9,11-18,22-24H2,1-2H3. The van der Waals surface area contributed by atoms with Gasteiger partial charge in [0, 0.05) is 88.7 Å². The van der Waals surface area contributed by atoms with Gasteiger partial charge in [0.05, 0.1) is 6.54 Å². The Morgan fingerprint density at radius 2 is 1.63 bits per heavy atom. The third-order valence-electron chi connectivity index (χ3n) is 10.7. The van der Waals surface area contributed by atoms with Gasteiger partial charge in [0.2, 0.25) is 11.8 Å². The zero-order chi connectivity index (χ0) is 32.3. The number of piperidine rings is 2. The predicted molar refractivity (Wildman–Crippen MR) is 170 cm³/mol. The lowest BCUT2D eigenvalue weighted by molar-refractivity contribution is -0.138. The number of hydrogen-bond donors (Lipinski definition) is 0. The number of aryl methyl sites for hydroxylation is 2. The maximum Gasteiger partial charge on any atom is 0.410 e. The Hall–Kier alpha value is -3.27. The van der Waals surface area contributed by atoms with E-state index in [1.165, 1.54) is 17.7 Å². The molecule has 1 aromatic heterocycles. The smallest absolute Gasteiger partial charge is 0.410 e. The van der Waals surface area contributed by atoms with Crippen LogP contribution in [0.15, 0.2) is 30.5 Å². The first kappa shape index (κ1) is 32.7. The third-order valence-corrected chi connectivity index (χ3v) is 10.7. The average molecular weight is 639 g/mol. The lowest BCUT2D eigenvalue weighted by Gasteiger charge is -2.38. The highest BCUT2D eigenvalue weighted by atomic mass is 19.1. The molecule has 3 aliphatic heterocycles. The fraction of sp³-hybridized carbons (Fsp3) is 0.639. The van der Waals surface area contributed by atoms with Gasteiger partial charge in [0.25, 0.3) is 0 Å². The van der Waals surface area contributed by atoms with Gasteiger partial charge in [-0.15, -0.1) is 0 Å². The first-order valence-electron chi connectivity index (χ1n) is 17.3. The van der Waals surface area contributed by atoms with Crippen LogP contribution in [-0.4, -0.2) is 82.7 Å². The van der Waals surface area contributed by atoms with Crippen LogP contribution in [0.25, 0.3) is 0 Å². The molecule has 1 spiro atoms. The molecule has 10 heteroatoms. The van der Waals surface area contributed by atoms with Gasteiger partial charge in [0.1, 0.15) is 23.3 Å². The first-order valence-corrected chi connectivity index (χ1v) is 17.3. The Labute approximate surface area is 271 Å². The fourth-order valence-corrected chi connectivity index (χ4v) is 7.66. The van der Waals surface area contributed by atoms with Gasteiger partial charge in [-0.25, -0.2) is 18.6 Å². The van der Waals surface area contributed by atoms with Crippen molar-refractivity contribution in [2.45, 2.75) is 96.3 Å². The molecule has 0 unspecified atom stereocenters. The number of rotatable bonds is 9. The van der Waals surface area contributed by atoms with E-state index >= 15 is 0 Å². The van der Waals surface area contributed by atoms with Gasteiger partial charge in [0.15, 0.2) is 0 Å². The Morgan fingerprint density at radius 3 is 2.24 bits per heavy atom. The van der Waals surface area contributed by atoms with Crippen molar-refractivity contribution >= 4 is 12.0 Å². The van der Waals surface area contributed by atoms with Gasteiger partial charge in [-0.3, -0.25) is 9.69 Å². The number of halogens is 2. The lowest BCUT2D eigenvalue weighted by Crippen LogP contribution is -2.47. The van der Waals surface area contributed by atoms with E-state index in [4.69, 9.17) is 9.47 Å². The normalized spacial score (nSPS) is 24.0. The van der Waals surface area contributed by atoms with Crippen LogP contribution in [0.4, 0.5) is 13.6 Å². The minimum atomic E-state index is -0.533. The summed E-state index contributed by atoms with van der Waals surface area (Å²) in [4.78, 5) is 36.6. The van der Waals surface area contributed by atoms with Gasteiger partial charge in [-0.1, -0.05) is 19.9 Å². The van der Waals surface area contributed by atoms with Crippen LogP contribution in [0.1, 0.15) is 81.9 Å². The molecule has 6 rings (SSSR count). The van der Waals surface area contributed by atoms with E-state index in [0.29, 0.717) is 75.9 Å². The minimum absolute atomic E-state index is 0.0472. The zero-order valence-electron chi connectivity index (χ0n) is 27.3. The Morgan fingerprint density at radius 1 is 0.957 bits per heavy atom. The molecule has 1 aliphatic carbocycles. The zero-order valence-corrected chi connectivity index (χ0v) is 27.3. The number of ether oxygens (including phenoxy) is 2. The van der Waals surface area contributed by atoms with Crippen molar-refractivity contribution in [3.05, 3.63) is 58.8 Å². The van der Waals surface area contributed by atoms with Crippen molar-refractivity contribution < 1.29 is 27.8 Å². The molecule has 0 radical (unpaired) electrons. The van der Waals surface area contributed by atoms with E-state index in [2.05, 4.69) is 11.9 Å². The molecule has 1 aromatic carbocycles. The summed E-state index contributed by atoms with van der Waals surface area (Å²) < 4.78 is 41.2. The first-order chi connectivity index (χ1) is 22.2. The molecule has 3 saturated heterocycles. The largest absolute Gasteiger partial charge is 0.474 e. The molecule has 2 aromatic rings. The number of pyridine rings is 1. The van der Waals surface area contributed by atoms with Crippen LogP contribution in [0.2, 0.25) is 0 Å². The molecule has 46 heavy (non-hydrogen) atoms. The van der Waals surface area contributed by atoms with Gasteiger partial charge >= 0.3 is 6.09 Å². The van der Waals surface area contributed by atoms with Gasteiger partial charge in [-0.05, 0) is 67.7 Å². The highest BCUT2D eigenvalue weighted by molar-refractivity contribution is 5.79. The molecule has 8 nitrogen and oxygen atoms in total.